The van der Waals surface area contributed by atoms with Crippen LogP contribution in [0, 0.1) is 11.3 Å². The lowest BCUT2D eigenvalue weighted by molar-refractivity contribution is 0.0337. The van der Waals surface area contributed by atoms with E-state index in [1.165, 1.54) is 23.1 Å². The number of carbonyl (C=O) groups is 1. The molecule has 1 aliphatic heterocycles. The Hall–Kier alpha value is -2.70. The van der Waals surface area contributed by atoms with Crippen LogP contribution in [0.2, 0.25) is 0 Å². The normalized spacial score (nSPS) is 14.2. The molecule has 4 rings (SSSR count). The predicted molar refractivity (Wildman–Crippen MR) is 118 cm³/mol. The summed E-state index contributed by atoms with van der Waals surface area (Å²) in [5, 5.41) is 14.8. The Morgan fingerprint density at radius 2 is 1.90 bits per heavy atom. The minimum atomic E-state index is -0.209. The number of nitrogens with one attached hydrogen (secondary N) is 1. The lowest BCUT2D eigenvalue weighted by Gasteiger charge is -2.25. The van der Waals surface area contributed by atoms with Crippen LogP contribution in [0.1, 0.15) is 21.6 Å². The van der Waals surface area contributed by atoms with Gasteiger partial charge in [0.15, 0.2) is 5.13 Å². The Morgan fingerprint density at radius 1 is 1.17 bits per heavy atom. The second-order valence-corrected chi connectivity index (χ2v) is 8.63. The van der Waals surface area contributed by atoms with Gasteiger partial charge in [-0.15, -0.1) is 11.3 Å². The molecule has 0 spiro atoms. The second-order valence-electron chi connectivity index (χ2n) is 6.69. The lowest BCUT2D eigenvalue weighted by atomic mass is 10.2. The van der Waals surface area contributed by atoms with Crippen LogP contribution in [0.25, 0.3) is 0 Å². The van der Waals surface area contributed by atoms with Gasteiger partial charge in [-0.3, -0.25) is 15.0 Å². The van der Waals surface area contributed by atoms with Crippen LogP contribution in [0.4, 0.5) is 5.13 Å². The van der Waals surface area contributed by atoms with Crippen molar-refractivity contribution in [3.8, 4) is 6.07 Å². The second kappa shape index (κ2) is 9.87. The fourth-order valence-corrected chi connectivity index (χ4v) is 4.82. The molecule has 152 valence electrons. The van der Waals surface area contributed by atoms with Crippen LogP contribution in [0.15, 0.2) is 63.7 Å². The highest BCUT2D eigenvalue weighted by Crippen LogP contribution is 2.33. The van der Waals surface area contributed by atoms with Crippen molar-refractivity contribution in [2.45, 2.75) is 16.3 Å². The summed E-state index contributed by atoms with van der Waals surface area (Å²) in [5.74, 6) is -0.209. The van der Waals surface area contributed by atoms with Gasteiger partial charge in [0.1, 0.15) is 6.07 Å². The van der Waals surface area contributed by atoms with Crippen LogP contribution in [0.3, 0.4) is 0 Å². The third kappa shape index (κ3) is 5.07. The molecule has 8 heteroatoms. The van der Waals surface area contributed by atoms with Crippen LogP contribution in [-0.4, -0.2) is 42.1 Å². The van der Waals surface area contributed by atoms with E-state index in [0.29, 0.717) is 16.3 Å². The van der Waals surface area contributed by atoms with E-state index in [9.17, 15) is 10.1 Å². The fraction of sp³-hybridized carbons (Fsp3) is 0.227. The molecule has 1 aromatic heterocycles. The van der Waals surface area contributed by atoms with E-state index in [2.05, 4.69) is 21.3 Å². The Labute approximate surface area is 183 Å². The molecule has 2 heterocycles. The maximum absolute atomic E-state index is 12.9. The predicted octanol–water partition coefficient (Wildman–Crippen LogP) is 4.25. The van der Waals surface area contributed by atoms with Gasteiger partial charge in [-0.1, -0.05) is 36.0 Å². The SMILES string of the molecule is N#Cc1ccccc1Sc1ccccc1C(=O)Nc1nc(CN2CCOCC2)cs1. The first-order valence-electron chi connectivity index (χ1n) is 9.55. The number of hydrogen-bond acceptors (Lipinski definition) is 7. The lowest BCUT2D eigenvalue weighted by Crippen LogP contribution is -2.35. The quantitative estimate of drug-likeness (QED) is 0.622. The Kier molecular flexibility index (Phi) is 6.77. The molecule has 0 atom stereocenters. The summed E-state index contributed by atoms with van der Waals surface area (Å²) < 4.78 is 5.38. The van der Waals surface area contributed by atoms with E-state index >= 15 is 0 Å². The molecule has 1 amide bonds. The molecule has 0 saturated carbocycles. The number of thiazole rings is 1. The van der Waals surface area contributed by atoms with Gasteiger partial charge in [0.2, 0.25) is 0 Å². The van der Waals surface area contributed by atoms with E-state index in [-0.39, 0.29) is 5.91 Å². The highest BCUT2D eigenvalue weighted by atomic mass is 32.2. The standard InChI is InChI=1S/C22H20N4O2S2/c23-13-16-5-1-3-7-19(16)30-20-8-4-2-6-18(20)21(27)25-22-24-17(15-29-22)14-26-9-11-28-12-10-26/h1-8,15H,9-12,14H2,(H,24,25,27). The molecular weight excluding hydrogens is 416 g/mol. The Morgan fingerprint density at radius 3 is 2.70 bits per heavy atom. The molecule has 0 unspecified atom stereocenters. The summed E-state index contributed by atoms with van der Waals surface area (Å²) in [6, 6.07) is 17.0. The number of nitrogens with zero attached hydrogens (tertiary/aromatic N) is 3. The molecule has 0 bridgehead atoms. The van der Waals surface area contributed by atoms with Crippen molar-refractivity contribution in [1.29, 1.82) is 5.26 Å². The van der Waals surface area contributed by atoms with Crippen molar-refractivity contribution < 1.29 is 9.53 Å². The van der Waals surface area contributed by atoms with Gasteiger partial charge in [-0.25, -0.2) is 4.98 Å². The minimum absolute atomic E-state index is 0.209. The summed E-state index contributed by atoms with van der Waals surface area (Å²) >= 11 is 2.84. The van der Waals surface area contributed by atoms with Gasteiger partial charge >= 0.3 is 0 Å². The topological polar surface area (TPSA) is 78.2 Å². The summed E-state index contributed by atoms with van der Waals surface area (Å²) in [6.45, 7) is 4.04. The molecule has 0 aliphatic carbocycles. The first kappa shape index (κ1) is 20.6. The van der Waals surface area contributed by atoms with E-state index in [4.69, 9.17) is 4.74 Å². The van der Waals surface area contributed by atoms with Crippen molar-refractivity contribution in [2.75, 3.05) is 31.6 Å². The van der Waals surface area contributed by atoms with Gasteiger partial charge in [0, 0.05) is 34.8 Å². The number of nitriles is 1. The smallest absolute Gasteiger partial charge is 0.258 e. The number of morpholine rings is 1. The number of rotatable bonds is 6. The van der Waals surface area contributed by atoms with Gasteiger partial charge in [-0.05, 0) is 24.3 Å². The molecule has 6 nitrogen and oxygen atoms in total. The minimum Gasteiger partial charge on any atom is -0.379 e. The zero-order valence-corrected chi connectivity index (χ0v) is 17.8. The van der Waals surface area contributed by atoms with Gasteiger partial charge < -0.3 is 4.74 Å². The molecule has 30 heavy (non-hydrogen) atoms. The number of hydrogen-bond donors (Lipinski definition) is 1. The van der Waals surface area contributed by atoms with Crippen molar-refractivity contribution >= 4 is 34.1 Å². The van der Waals surface area contributed by atoms with Gasteiger partial charge in [-0.2, -0.15) is 5.26 Å². The third-order valence-electron chi connectivity index (χ3n) is 4.62. The van der Waals surface area contributed by atoms with Gasteiger partial charge in [0.05, 0.1) is 30.0 Å². The summed E-state index contributed by atoms with van der Waals surface area (Å²) in [6.07, 6.45) is 0. The molecule has 3 aromatic rings. The van der Waals surface area contributed by atoms with Crippen LogP contribution >= 0.6 is 23.1 Å². The average molecular weight is 437 g/mol. The number of benzene rings is 2. The molecule has 1 aliphatic rings. The average Bonchev–Trinajstić information content (AvgIpc) is 3.21. The van der Waals surface area contributed by atoms with E-state index in [1.807, 2.05) is 41.8 Å². The maximum atomic E-state index is 12.9. The monoisotopic (exact) mass is 436 g/mol. The van der Waals surface area contributed by atoms with E-state index in [1.54, 1.807) is 12.1 Å². The van der Waals surface area contributed by atoms with Crippen molar-refractivity contribution in [2.24, 2.45) is 0 Å². The highest BCUT2D eigenvalue weighted by Gasteiger charge is 2.16. The molecule has 0 radical (unpaired) electrons. The number of carbonyl (C=O) groups excluding carboxylic acids is 1. The molecule has 1 N–H and O–H groups in total. The van der Waals surface area contributed by atoms with Crippen LogP contribution in [-0.2, 0) is 11.3 Å². The number of aromatic nitrogens is 1. The Balaban J connectivity index is 1.46. The molecule has 2 aromatic carbocycles. The van der Waals surface area contributed by atoms with E-state index < -0.39 is 0 Å². The number of ether oxygens (including phenoxy) is 1. The van der Waals surface area contributed by atoms with Crippen LogP contribution in [0.5, 0.6) is 0 Å². The molecule has 1 fully saturated rings. The summed E-state index contributed by atoms with van der Waals surface area (Å²) in [7, 11) is 0. The first-order valence-corrected chi connectivity index (χ1v) is 11.2. The zero-order valence-electron chi connectivity index (χ0n) is 16.2. The maximum Gasteiger partial charge on any atom is 0.258 e. The van der Waals surface area contributed by atoms with Crippen molar-refractivity contribution in [1.82, 2.24) is 9.88 Å². The van der Waals surface area contributed by atoms with Gasteiger partial charge in [0.25, 0.3) is 5.91 Å². The number of anilines is 1. The summed E-state index contributed by atoms with van der Waals surface area (Å²) in [4.78, 5) is 21.4. The number of amides is 1. The highest BCUT2D eigenvalue weighted by molar-refractivity contribution is 7.99. The van der Waals surface area contributed by atoms with E-state index in [0.717, 1.165) is 48.3 Å². The Bertz CT molecular complexity index is 1070. The van der Waals surface area contributed by atoms with Crippen LogP contribution < -0.4 is 5.32 Å². The van der Waals surface area contributed by atoms with Crippen molar-refractivity contribution in [3.63, 3.8) is 0 Å². The third-order valence-corrected chi connectivity index (χ3v) is 6.58. The zero-order chi connectivity index (χ0) is 20.8. The van der Waals surface area contributed by atoms with Crippen molar-refractivity contribution in [3.05, 3.63) is 70.7 Å². The molecule has 1 saturated heterocycles. The first-order chi connectivity index (χ1) is 14.7. The largest absolute Gasteiger partial charge is 0.379 e. The summed E-state index contributed by atoms with van der Waals surface area (Å²) in [5.41, 5.74) is 2.09. The fourth-order valence-electron chi connectivity index (χ4n) is 3.10. The molecular formula is C22H20N4O2S2.